The van der Waals surface area contributed by atoms with Crippen molar-refractivity contribution >= 4 is 29.2 Å². The summed E-state index contributed by atoms with van der Waals surface area (Å²) < 4.78 is 5.05. The first-order valence-electron chi connectivity index (χ1n) is 8.07. The number of benzene rings is 2. The number of ether oxygens (including phenoxy) is 1. The average Bonchev–Trinajstić information content (AvgIpc) is 2.60. The summed E-state index contributed by atoms with van der Waals surface area (Å²) in [6.07, 6.45) is 1.72. The molecule has 2 aromatic carbocycles. The minimum atomic E-state index is -0.656. The van der Waals surface area contributed by atoms with E-state index in [1.807, 2.05) is 37.3 Å². The van der Waals surface area contributed by atoms with Crippen LogP contribution in [-0.4, -0.2) is 18.5 Å². The summed E-state index contributed by atoms with van der Waals surface area (Å²) in [6, 6.07) is 14.1. The zero-order chi connectivity index (χ0) is 18.2. The maximum atomic E-state index is 12.1. The molecule has 0 heterocycles. The van der Waals surface area contributed by atoms with E-state index in [0.717, 1.165) is 18.4 Å². The average molecular weight is 361 g/mol. The summed E-state index contributed by atoms with van der Waals surface area (Å²) in [5.74, 6) is -1.01. The molecule has 0 aliphatic rings. The lowest BCUT2D eigenvalue weighted by Crippen LogP contribution is -2.32. The number of nitrogen functional groups attached to an aromatic ring is 1. The van der Waals surface area contributed by atoms with E-state index in [9.17, 15) is 9.59 Å². The first-order valence-corrected chi connectivity index (χ1v) is 8.45. The van der Waals surface area contributed by atoms with Gasteiger partial charge in [0.2, 0.25) is 0 Å². The van der Waals surface area contributed by atoms with Crippen molar-refractivity contribution in [1.29, 1.82) is 0 Å². The Morgan fingerprint density at radius 3 is 2.56 bits per heavy atom. The lowest BCUT2D eigenvalue weighted by molar-refractivity contribution is -0.125. The number of carbonyl (C=O) groups excluding carboxylic acids is 2. The highest BCUT2D eigenvalue weighted by molar-refractivity contribution is 6.31. The Bertz CT molecular complexity index is 735. The van der Waals surface area contributed by atoms with E-state index in [0.29, 0.717) is 5.02 Å². The van der Waals surface area contributed by atoms with Crippen LogP contribution in [0, 0.1) is 0 Å². The lowest BCUT2D eigenvalue weighted by atomic mass is 10.0. The van der Waals surface area contributed by atoms with E-state index in [-0.39, 0.29) is 29.8 Å². The zero-order valence-corrected chi connectivity index (χ0v) is 14.8. The fourth-order valence-corrected chi connectivity index (χ4v) is 2.64. The molecular weight excluding hydrogens is 340 g/mol. The lowest BCUT2D eigenvalue weighted by Gasteiger charge is -2.18. The molecule has 25 heavy (non-hydrogen) atoms. The number of anilines is 1. The molecule has 0 radical (unpaired) electrons. The van der Waals surface area contributed by atoms with Crippen LogP contribution >= 0.6 is 11.6 Å². The van der Waals surface area contributed by atoms with Gasteiger partial charge in [0.05, 0.1) is 11.6 Å². The molecule has 132 valence electrons. The molecular formula is C19H21ClN2O3. The van der Waals surface area contributed by atoms with Gasteiger partial charge in [0.1, 0.15) is 0 Å². The fraction of sp³-hybridized carbons (Fsp3) is 0.263. The maximum absolute atomic E-state index is 12.1. The van der Waals surface area contributed by atoms with Gasteiger partial charge in [0.15, 0.2) is 6.61 Å². The Kier molecular flexibility index (Phi) is 6.83. The van der Waals surface area contributed by atoms with Gasteiger partial charge in [-0.25, -0.2) is 4.79 Å². The van der Waals surface area contributed by atoms with Crippen LogP contribution in [0.25, 0.3) is 0 Å². The van der Waals surface area contributed by atoms with Crippen LogP contribution < -0.4 is 11.1 Å². The number of hydrogen-bond acceptors (Lipinski definition) is 4. The van der Waals surface area contributed by atoms with Gasteiger partial charge in [-0.2, -0.15) is 0 Å². The number of nitrogens with two attached hydrogens (primary N) is 1. The van der Waals surface area contributed by atoms with Crippen molar-refractivity contribution in [3.05, 3.63) is 64.7 Å². The number of amides is 1. The molecule has 6 heteroatoms. The number of esters is 1. The van der Waals surface area contributed by atoms with E-state index in [2.05, 4.69) is 5.32 Å². The number of hydrogen-bond donors (Lipinski definition) is 2. The Labute approximate surface area is 152 Å². The Morgan fingerprint density at radius 1 is 1.20 bits per heavy atom. The van der Waals surface area contributed by atoms with Crippen LogP contribution in [0.15, 0.2) is 48.5 Å². The van der Waals surface area contributed by atoms with Gasteiger partial charge in [0, 0.05) is 10.7 Å². The smallest absolute Gasteiger partial charge is 0.340 e. The van der Waals surface area contributed by atoms with Gasteiger partial charge in [-0.15, -0.1) is 0 Å². The highest BCUT2D eigenvalue weighted by Crippen LogP contribution is 2.19. The molecule has 0 aliphatic heterocycles. The second-order valence-electron chi connectivity index (χ2n) is 5.63. The number of nitrogens with one attached hydrogen (secondary N) is 1. The van der Waals surface area contributed by atoms with Crippen molar-refractivity contribution < 1.29 is 14.3 Å². The molecule has 0 spiro atoms. The molecule has 0 bridgehead atoms. The van der Waals surface area contributed by atoms with Crippen LogP contribution in [0.3, 0.4) is 0 Å². The molecule has 0 saturated carbocycles. The Balaban J connectivity index is 1.93. The second kappa shape index (κ2) is 9.08. The normalized spacial score (nSPS) is 11.6. The molecule has 0 aromatic heterocycles. The minimum Gasteiger partial charge on any atom is -0.452 e. The van der Waals surface area contributed by atoms with Gasteiger partial charge in [-0.1, -0.05) is 55.3 Å². The van der Waals surface area contributed by atoms with Gasteiger partial charge in [-0.05, 0) is 30.2 Å². The van der Waals surface area contributed by atoms with Crippen molar-refractivity contribution in [3.8, 4) is 0 Å². The first kappa shape index (κ1) is 18.8. The summed E-state index contributed by atoms with van der Waals surface area (Å²) in [5, 5.41) is 3.32. The molecule has 0 unspecified atom stereocenters. The second-order valence-corrected chi connectivity index (χ2v) is 6.06. The van der Waals surface area contributed by atoms with E-state index in [1.54, 1.807) is 6.07 Å². The standard InChI is InChI=1S/C19H21ClN2O3/c1-2-6-17(13-7-4-3-5-8-13)22-18(23)12-25-19(24)15-10-9-14(20)11-16(15)21/h3-5,7-11,17H,2,6,12,21H2,1H3,(H,22,23)/t17-/m0/s1. The highest BCUT2D eigenvalue weighted by atomic mass is 35.5. The van der Waals surface area contributed by atoms with Crippen molar-refractivity contribution in [1.82, 2.24) is 5.32 Å². The molecule has 0 saturated heterocycles. The van der Waals surface area contributed by atoms with Crippen LogP contribution in [0.1, 0.15) is 41.7 Å². The summed E-state index contributed by atoms with van der Waals surface area (Å²) in [4.78, 5) is 24.2. The summed E-state index contributed by atoms with van der Waals surface area (Å²) in [6.45, 7) is 1.68. The topological polar surface area (TPSA) is 81.4 Å². The first-order chi connectivity index (χ1) is 12.0. The Hall–Kier alpha value is -2.53. The molecule has 5 nitrogen and oxygen atoms in total. The Morgan fingerprint density at radius 2 is 1.92 bits per heavy atom. The SMILES string of the molecule is CCC[C@H](NC(=O)COC(=O)c1ccc(Cl)cc1N)c1ccccc1. The molecule has 1 atom stereocenters. The molecule has 1 amide bonds. The fourth-order valence-electron chi connectivity index (χ4n) is 2.46. The number of carbonyl (C=O) groups is 2. The van der Waals surface area contributed by atoms with Crippen LogP contribution in [-0.2, 0) is 9.53 Å². The summed E-state index contributed by atoms with van der Waals surface area (Å²) in [7, 11) is 0. The van der Waals surface area contributed by atoms with E-state index in [4.69, 9.17) is 22.1 Å². The predicted octanol–water partition coefficient (Wildman–Crippen LogP) is 3.74. The van der Waals surface area contributed by atoms with Gasteiger partial charge < -0.3 is 15.8 Å². The van der Waals surface area contributed by atoms with Gasteiger partial charge in [-0.3, -0.25) is 4.79 Å². The van der Waals surface area contributed by atoms with Crippen molar-refractivity contribution in [2.75, 3.05) is 12.3 Å². The predicted molar refractivity (Wildman–Crippen MR) is 98.4 cm³/mol. The maximum Gasteiger partial charge on any atom is 0.340 e. The van der Waals surface area contributed by atoms with Crippen molar-refractivity contribution in [2.45, 2.75) is 25.8 Å². The third-order valence-corrected chi connectivity index (χ3v) is 3.92. The van der Waals surface area contributed by atoms with Crippen LogP contribution in [0.2, 0.25) is 5.02 Å². The monoisotopic (exact) mass is 360 g/mol. The van der Waals surface area contributed by atoms with Gasteiger partial charge >= 0.3 is 5.97 Å². The molecule has 3 N–H and O–H groups in total. The largest absolute Gasteiger partial charge is 0.452 e. The van der Waals surface area contributed by atoms with Crippen LogP contribution in [0.5, 0.6) is 0 Å². The van der Waals surface area contributed by atoms with E-state index in [1.165, 1.54) is 12.1 Å². The van der Waals surface area contributed by atoms with Crippen LogP contribution in [0.4, 0.5) is 5.69 Å². The number of rotatable bonds is 7. The van der Waals surface area contributed by atoms with Crippen molar-refractivity contribution in [3.63, 3.8) is 0 Å². The van der Waals surface area contributed by atoms with Gasteiger partial charge in [0.25, 0.3) is 5.91 Å². The quantitative estimate of drug-likeness (QED) is 0.582. The minimum absolute atomic E-state index is 0.113. The highest BCUT2D eigenvalue weighted by Gasteiger charge is 2.17. The van der Waals surface area contributed by atoms with E-state index >= 15 is 0 Å². The summed E-state index contributed by atoms with van der Waals surface area (Å²) >= 11 is 5.80. The third kappa shape index (κ3) is 5.50. The molecule has 0 fully saturated rings. The van der Waals surface area contributed by atoms with Crippen molar-refractivity contribution in [2.24, 2.45) is 0 Å². The number of halogens is 1. The molecule has 2 rings (SSSR count). The summed E-state index contributed by atoms with van der Waals surface area (Å²) in [5.41, 5.74) is 7.16. The third-order valence-electron chi connectivity index (χ3n) is 3.68. The molecule has 2 aromatic rings. The zero-order valence-electron chi connectivity index (χ0n) is 14.0. The molecule has 0 aliphatic carbocycles. The van der Waals surface area contributed by atoms with E-state index < -0.39 is 5.97 Å².